The van der Waals surface area contributed by atoms with Crippen molar-refractivity contribution < 1.29 is 14.3 Å². The van der Waals surface area contributed by atoms with Crippen LogP contribution in [-0.4, -0.2) is 34.7 Å². The van der Waals surface area contributed by atoms with Crippen LogP contribution in [0.25, 0.3) is 11.0 Å². The van der Waals surface area contributed by atoms with Gasteiger partial charge in [0.2, 0.25) is 0 Å². The van der Waals surface area contributed by atoms with E-state index in [1.165, 1.54) is 0 Å². The van der Waals surface area contributed by atoms with Crippen molar-refractivity contribution in [3.63, 3.8) is 0 Å². The molecule has 130 valence electrons. The lowest BCUT2D eigenvalue weighted by Gasteiger charge is -2.12. The largest absolute Gasteiger partial charge is 0.496 e. The summed E-state index contributed by atoms with van der Waals surface area (Å²) in [7, 11) is 5.03. The lowest BCUT2D eigenvalue weighted by molar-refractivity contribution is 0.0949. The van der Waals surface area contributed by atoms with Gasteiger partial charge in [-0.25, -0.2) is 4.98 Å². The zero-order valence-electron chi connectivity index (χ0n) is 14.7. The highest BCUT2D eigenvalue weighted by Crippen LogP contribution is 2.29. The van der Waals surface area contributed by atoms with Gasteiger partial charge in [-0.1, -0.05) is 0 Å². The summed E-state index contributed by atoms with van der Waals surface area (Å²) < 4.78 is 12.5. The molecular formula is C18H20N4O3. The number of hydrogen-bond acceptors (Lipinski definition) is 5. The maximum absolute atomic E-state index is 12.5. The molecule has 0 saturated heterocycles. The van der Waals surface area contributed by atoms with E-state index in [-0.39, 0.29) is 5.91 Å². The van der Waals surface area contributed by atoms with E-state index in [9.17, 15) is 4.79 Å². The Balaban J connectivity index is 1.81. The van der Waals surface area contributed by atoms with Gasteiger partial charge in [0.15, 0.2) is 0 Å². The molecule has 1 aromatic carbocycles. The van der Waals surface area contributed by atoms with Gasteiger partial charge in [-0.05, 0) is 25.1 Å². The highest BCUT2D eigenvalue weighted by atomic mass is 16.5. The van der Waals surface area contributed by atoms with Crippen molar-refractivity contribution in [3.8, 4) is 11.5 Å². The second kappa shape index (κ2) is 6.80. The van der Waals surface area contributed by atoms with Crippen LogP contribution in [0.5, 0.6) is 11.5 Å². The quantitative estimate of drug-likeness (QED) is 0.770. The van der Waals surface area contributed by atoms with Crippen LogP contribution in [0.15, 0.2) is 30.6 Å². The first-order valence-corrected chi connectivity index (χ1v) is 7.81. The van der Waals surface area contributed by atoms with E-state index in [4.69, 9.17) is 9.47 Å². The number of amides is 1. The Morgan fingerprint density at radius 3 is 2.52 bits per heavy atom. The summed E-state index contributed by atoms with van der Waals surface area (Å²) in [4.78, 5) is 21.1. The van der Waals surface area contributed by atoms with Crippen molar-refractivity contribution in [3.05, 3.63) is 47.5 Å². The number of pyridine rings is 1. The standard InChI is InChI=1S/C18H20N4O3/c1-11-15(24-3)7-12(8-16(11)25-4)18(23)20-10-17-21-13-5-6-19-9-14(13)22(17)2/h5-9H,10H2,1-4H3,(H,20,23). The van der Waals surface area contributed by atoms with Gasteiger partial charge in [-0.2, -0.15) is 0 Å². The highest BCUT2D eigenvalue weighted by molar-refractivity contribution is 5.95. The summed E-state index contributed by atoms with van der Waals surface area (Å²) in [6, 6.07) is 5.24. The third kappa shape index (κ3) is 3.13. The van der Waals surface area contributed by atoms with Gasteiger partial charge < -0.3 is 19.4 Å². The highest BCUT2D eigenvalue weighted by Gasteiger charge is 2.15. The minimum absolute atomic E-state index is 0.221. The van der Waals surface area contributed by atoms with Crippen LogP contribution < -0.4 is 14.8 Å². The van der Waals surface area contributed by atoms with Crippen LogP contribution in [0, 0.1) is 6.92 Å². The van der Waals surface area contributed by atoms with Crippen molar-refractivity contribution in [2.75, 3.05) is 14.2 Å². The fraction of sp³-hybridized carbons (Fsp3) is 0.278. The van der Waals surface area contributed by atoms with Gasteiger partial charge >= 0.3 is 0 Å². The molecule has 2 aromatic heterocycles. The number of methoxy groups -OCH3 is 2. The molecule has 1 N–H and O–H groups in total. The van der Waals surface area contributed by atoms with E-state index in [0.29, 0.717) is 23.6 Å². The van der Waals surface area contributed by atoms with E-state index in [1.54, 1.807) is 38.7 Å². The van der Waals surface area contributed by atoms with Gasteiger partial charge in [0.1, 0.15) is 17.3 Å². The minimum Gasteiger partial charge on any atom is -0.496 e. The first-order chi connectivity index (χ1) is 12.0. The number of imidazole rings is 1. The maximum Gasteiger partial charge on any atom is 0.251 e. The molecule has 3 aromatic rings. The Hall–Kier alpha value is -3.09. The number of hydrogen-bond donors (Lipinski definition) is 1. The number of nitrogens with one attached hydrogen (secondary N) is 1. The second-order valence-electron chi connectivity index (χ2n) is 5.64. The van der Waals surface area contributed by atoms with Crippen molar-refractivity contribution in [1.29, 1.82) is 0 Å². The van der Waals surface area contributed by atoms with Crippen molar-refractivity contribution >= 4 is 16.9 Å². The number of rotatable bonds is 5. The summed E-state index contributed by atoms with van der Waals surface area (Å²) in [6.45, 7) is 2.19. The Labute approximate surface area is 145 Å². The van der Waals surface area contributed by atoms with Gasteiger partial charge in [0, 0.05) is 24.4 Å². The van der Waals surface area contributed by atoms with Crippen molar-refractivity contribution in [2.24, 2.45) is 7.05 Å². The zero-order chi connectivity index (χ0) is 18.0. The van der Waals surface area contributed by atoms with E-state index >= 15 is 0 Å². The van der Waals surface area contributed by atoms with Crippen molar-refractivity contribution in [1.82, 2.24) is 19.9 Å². The minimum atomic E-state index is -0.221. The summed E-state index contributed by atoms with van der Waals surface area (Å²) in [5, 5.41) is 2.89. The molecule has 0 saturated carbocycles. The monoisotopic (exact) mass is 340 g/mol. The van der Waals surface area contributed by atoms with Crippen LogP contribution in [0.1, 0.15) is 21.7 Å². The molecule has 0 spiro atoms. The normalized spacial score (nSPS) is 10.7. The van der Waals surface area contributed by atoms with Crippen LogP contribution in [0.3, 0.4) is 0 Å². The molecule has 1 amide bonds. The van der Waals surface area contributed by atoms with E-state index in [1.807, 2.05) is 24.6 Å². The Bertz CT molecular complexity index is 908. The lowest BCUT2D eigenvalue weighted by atomic mass is 10.1. The Kier molecular flexibility index (Phi) is 4.56. The zero-order valence-corrected chi connectivity index (χ0v) is 14.7. The summed E-state index contributed by atoms with van der Waals surface area (Å²) in [5.41, 5.74) is 3.09. The lowest BCUT2D eigenvalue weighted by Crippen LogP contribution is -2.24. The molecule has 0 unspecified atom stereocenters. The number of carbonyl (C=O) groups is 1. The van der Waals surface area contributed by atoms with Crippen molar-refractivity contribution in [2.45, 2.75) is 13.5 Å². The molecule has 0 aliphatic rings. The van der Waals surface area contributed by atoms with E-state index < -0.39 is 0 Å². The number of ether oxygens (including phenoxy) is 2. The fourth-order valence-corrected chi connectivity index (χ4v) is 2.72. The van der Waals surface area contributed by atoms with Crippen LogP contribution in [0.4, 0.5) is 0 Å². The van der Waals surface area contributed by atoms with Gasteiger partial charge in [0.25, 0.3) is 5.91 Å². The maximum atomic E-state index is 12.5. The third-order valence-electron chi connectivity index (χ3n) is 4.20. The number of aromatic nitrogens is 3. The first-order valence-electron chi connectivity index (χ1n) is 7.81. The number of nitrogens with zero attached hydrogens (tertiary/aromatic N) is 3. The first kappa shape index (κ1) is 16.8. The average molecular weight is 340 g/mol. The molecule has 0 atom stereocenters. The van der Waals surface area contributed by atoms with E-state index in [0.717, 1.165) is 22.4 Å². The number of fused-ring (bicyclic) bond motifs is 1. The summed E-state index contributed by atoms with van der Waals surface area (Å²) in [5.74, 6) is 1.75. The topological polar surface area (TPSA) is 78.3 Å². The third-order valence-corrected chi connectivity index (χ3v) is 4.20. The molecule has 0 fully saturated rings. The predicted octanol–water partition coefficient (Wildman–Crippen LogP) is 2.22. The molecule has 0 aliphatic heterocycles. The molecule has 2 heterocycles. The smallest absolute Gasteiger partial charge is 0.251 e. The molecule has 25 heavy (non-hydrogen) atoms. The van der Waals surface area contributed by atoms with Crippen LogP contribution in [0.2, 0.25) is 0 Å². The molecule has 7 nitrogen and oxygen atoms in total. The van der Waals surface area contributed by atoms with Gasteiger partial charge in [-0.15, -0.1) is 0 Å². The number of carbonyl (C=O) groups excluding carboxylic acids is 1. The number of aryl methyl sites for hydroxylation is 1. The fourth-order valence-electron chi connectivity index (χ4n) is 2.72. The Morgan fingerprint density at radius 2 is 1.92 bits per heavy atom. The molecule has 0 aliphatic carbocycles. The van der Waals surface area contributed by atoms with Gasteiger partial charge in [-0.3, -0.25) is 9.78 Å². The predicted molar refractivity (Wildman–Crippen MR) is 94.0 cm³/mol. The SMILES string of the molecule is COc1cc(C(=O)NCc2nc3ccncc3n2C)cc(OC)c1C. The summed E-state index contributed by atoms with van der Waals surface area (Å²) >= 11 is 0. The molecular weight excluding hydrogens is 320 g/mol. The summed E-state index contributed by atoms with van der Waals surface area (Å²) in [6.07, 6.45) is 3.45. The van der Waals surface area contributed by atoms with Crippen LogP contribution in [-0.2, 0) is 13.6 Å². The molecule has 0 bridgehead atoms. The van der Waals surface area contributed by atoms with Crippen LogP contribution >= 0.6 is 0 Å². The Morgan fingerprint density at radius 1 is 1.24 bits per heavy atom. The molecule has 0 radical (unpaired) electrons. The van der Waals surface area contributed by atoms with E-state index in [2.05, 4.69) is 15.3 Å². The average Bonchev–Trinajstić information content (AvgIpc) is 2.96. The van der Waals surface area contributed by atoms with Gasteiger partial charge in [0.05, 0.1) is 38.0 Å². The second-order valence-corrected chi connectivity index (χ2v) is 5.64. The molecule has 3 rings (SSSR count). The molecule has 7 heteroatoms. The number of benzene rings is 1.